The molecule has 0 bridgehead atoms. The topological polar surface area (TPSA) is 82.5 Å². The van der Waals surface area contributed by atoms with E-state index in [-0.39, 0.29) is 11.8 Å². The van der Waals surface area contributed by atoms with Crippen molar-refractivity contribution in [1.29, 1.82) is 0 Å². The van der Waals surface area contributed by atoms with Crippen LogP contribution in [0.3, 0.4) is 0 Å². The second kappa shape index (κ2) is 11.8. The van der Waals surface area contributed by atoms with E-state index in [9.17, 15) is 9.59 Å². The Morgan fingerprint density at radius 3 is 2.55 bits per heavy atom. The first kappa shape index (κ1) is 27.6. The van der Waals surface area contributed by atoms with Gasteiger partial charge in [0.25, 0.3) is 11.8 Å². The van der Waals surface area contributed by atoms with Crippen LogP contribution in [0.2, 0.25) is 5.02 Å². The molecule has 0 radical (unpaired) electrons. The van der Waals surface area contributed by atoms with E-state index < -0.39 is 0 Å². The minimum atomic E-state index is -0.250. The molecule has 210 valence electrons. The SMILES string of the molecule is Cc1cc(C=C2SC(=Nc3ccccc3)N(CCc3c[nH]c4ccccc34)C2=O)c(C)n1NC(=O)c1ccc(Cl)cc1. The first-order valence-corrected chi connectivity index (χ1v) is 14.7. The Balaban J connectivity index is 1.28. The number of halogens is 1. The second-order valence-electron chi connectivity index (χ2n) is 10.0. The van der Waals surface area contributed by atoms with Crippen LogP contribution in [0.4, 0.5) is 5.69 Å². The minimum absolute atomic E-state index is 0.0930. The molecule has 42 heavy (non-hydrogen) atoms. The van der Waals surface area contributed by atoms with Gasteiger partial charge in [-0.3, -0.25) is 24.6 Å². The molecule has 1 fully saturated rings. The van der Waals surface area contributed by atoms with Gasteiger partial charge >= 0.3 is 0 Å². The third-order valence-electron chi connectivity index (χ3n) is 7.23. The number of amidine groups is 1. The molecule has 3 heterocycles. The number of hydrogen-bond acceptors (Lipinski definition) is 4. The maximum atomic E-state index is 13.8. The average molecular weight is 594 g/mol. The Morgan fingerprint density at radius 2 is 1.76 bits per heavy atom. The number of aryl methyl sites for hydroxylation is 1. The van der Waals surface area contributed by atoms with E-state index in [4.69, 9.17) is 16.6 Å². The van der Waals surface area contributed by atoms with Crippen LogP contribution >= 0.6 is 23.4 Å². The fraction of sp³-hybridized carbons (Fsp3) is 0.121. The molecule has 2 amide bonds. The molecule has 6 rings (SSSR count). The molecule has 2 aromatic heterocycles. The molecule has 1 aliphatic rings. The Labute approximate surface area is 252 Å². The highest BCUT2D eigenvalue weighted by atomic mass is 35.5. The zero-order chi connectivity index (χ0) is 29.2. The van der Waals surface area contributed by atoms with E-state index in [0.717, 1.165) is 39.1 Å². The summed E-state index contributed by atoms with van der Waals surface area (Å²) in [5.41, 5.74) is 8.96. The fourth-order valence-electron chi connectivity index (χ4n) is 4.99. The largest absolute Gasteiger partial charge is 0.361 e. The number of thioether (sulfide) groups is 1. The first-order chi connectivity index (χ1) is 20.4. The maximum absolute atomic E-state index is 13.8. The van der Waals surface area contributed by atoms with Crippen molar-refractivity contribution in [2.75, 3.05) is 12.0 Å². The molecule has 9 heteroatoms. The fourth-order valence-corrected chi connectivity index (χ4v) is 6.13. The lowest BCUT2D eigenvalue weighted by Crippen LogP contribution is -2.31. The quantitative estimate of drug-likeness (QED) is 0.192. The van der Waals surface area contributed by atoms with E-state index in [0.29, 0.717) is 33.6 Å². The van der Waals surface area contributed by atoms with Gasteiger partial charge in [-0.25, -0.2) is 4.99 Å². The van der Waals surface area contributed by atoms with Gasteiger partial charge < -0.3 is 4.98 Å². The van der Waals surface area contributed by atoms with Gasteiger partial charge in [0.1, 0.15) is 0 Å². The number of carbonyl (C=O) groups is 2. The van der Waals surface area contributed by atoms with Crippen LogP contribution in [-0.2, 0) is 11.2 Å². The molecule has 0 atom stereocenters. The monoisotopic (exact) mass is 593 g/mol. The summed E-state index contributed by atoms with van der Waals surface area (Å²) in [5, 5.41) is 2.36. The number of rotatable bonds is 7. The number of aromatic amines is 1. The Kier molecular flexibility index (Phi) is 7.73. The van der Waals surface area contributed by atoms with E-state index in [2.05, 4.69) is 16.5 Å². The van der Waals surface area contributed by atoms with E-state index in [1.54, 1.807) is 33.8 Å². The van der Waals surface area contributed by atoms with Crippen molar-refractivity contribution in [3.05, 3.63) is 129 Å². The van der Waals surface area contributed by atoms with Crippen molar-refractivity contribution in [3.63, 3.8) is 0 Å². The first-order valence-electron chi connectivity index (χ1n) is 13.5. The predicted molar refractivity (Wildman–Crippen MR) is 172 cm³/mol. The Hall–Kier alpha value is -4.53. The Morgan fingerprint density at radius 1 is 1.02 bits per heavy atom. The Bertz CT molecular complexity index is 1850. The summed E-state index contributed by atoms with van der Waals surface area (Å²) in [6.07, 6.45) is 4.57. The van der Waals surface area contributed by atoms with Gasteiger partial charge in [-0.1, -0.05) is 48.0 Å². The molecule has 1 saturated heterocycles. The molecule has 0 spiro atoms. The van der Waals surface area contributed by atoms with Crippen LogP contribution in [0.5, 0.6) is 0 Å². The summed E-state index contributed by atoms with van der Waals surface area (Å²) < 4.78 is 1.74. The molecule has 7 nitrogen and oxygen atoms in total. The number of nitrogens with one attached hydrogen (secondary N) is 2. The summed E-state index contributed by atoms with van der Waals surface area (Å²) >= 11 is 7.34. The van der Waals surface area contributed by atoms with Crippen molar-refractivity contribution >= 4 is 63.0 Å². The van der Waals surface area contributed by atoms with E-state index >= 15 is 0 Å². The normalized spacial score (nSPS) is 15.3. The van der Waals surface area contributed by atoms with E-state index in [1.807, 2.05) is 80.7 Å². The van der Waals surface area contributed by atoms with Crippen molar-refractivity contribution in [1.82, 2.24) is 14.6 Å². The number of nitrogens with zero attached hydrogens (tertiary/aromatic N) is 3. The molecule has 5 aromatic rings. The third kappa shape index (κ3) is 5.64. The number of hydrogen-bond donors (Lipinski definition) is 2. The zero-order valence-electron chi connectivity index (χ0n) is 23.1. The van der Waals surface area contributed by atoms with Gasteiger partial charge in [-0.05, 0) is 97.8 Å². The number of carbonyl (C=O) groups excluding carboxylic acids is 2. The van der Waals surface area contributed by atoms with Gasteiger partial charge in [-0.2, -0.15) is 0 Å². The molecular weight excluding hydrogens is 566 g/mol. The number of aromatic nitrogens is 2. The van der Waals surface area contributed by atoms with Crippen molar-refractivity contribution in [2.45, 2.75) is 20.3 Å². The number of fused-ring (bicyclic) bond motifs is 1. The van der Waals surface area contributed by atoms with Crippen LogP contribution in [0.15, 0.2) is 101 Å². The lowest BCUT2D eigenvalue weighted by atomic mass is 10.1. The molecule has 0 unspecified atom stereocenters. The number of benzene rings is 3. The average Bonchev–Trinajstić information content (AvgIpc) is 3.62. The molecule has 0 aliphatic carbocycles. The lowest BCUT2D eigenvalue weighted by Gasteiger charge is -2.15. The standard InChI is InChI=1S/C33H28ClN5O2S/c1-21-18-25(22(2)39(21)37-31(40)23-12-14-26(34)15-13-23)19-30-32(41)38(33(42-30)36-27-8-4-3-5-9-27)17-16-24-20-35-29-11-7-6-10-28(24)29/h3-15,18-20,35H,16-17H2,1-2H3,(H,37,40). The van der Waals surface area contributed by atoms with Crippen LogP contribution < -0.4 is 5.43 Å². The summed E-state index contributed by atoms with van der Waals surface area (Å²) in [4.78, 5) is 37.1. The van der Waals surface area contributed by atoms with Gasteiger partial charge in [-0.15, -0.1) is 0 Å². The minimum Gasteiger partial charge on any atom is -0.361 e. The predicted octanol–water partition coefficient (Wildman–Crippen LogP) is 7.47. The maximum Gasteiger partial charge on any atom is 0.270 e. The van der Waals surface area contributed by atoms with Crippen LogP contribution in [-0.4, -0.2) is 38.1 Å². The van der Waals surface area contributed by atoms with Gasteiger partial charge in [0, 0.05) is 45.6 Å². The van der Waals surface area contributed by atoms with Gasteiger partial charge in [0.05, 0.1) is 10.6 Å². The van der Waals surface area contributed by atoms with Gasteiger partial charge in [0.15, 0.2) is 5.17 Å². The zero-order valence-corrected chi connectivity index (χ0v) is 24.7. The number of aliphatic imine (C=N–C) groups is 1. The van der Waals surface area contributed by atoms with Crippen molar-refractivity contribution < 1.29 is 9.59 Å². The smallest absolute Gasteiger partial charge is 0.270 e. The molecule has 1 aliphatic heterocycles. The second-order valence-corrected chi connectivity index (χ2v) is 11.5. The summed E-state index contributed by atoms with van der Waals surface area (Å²) in [6.45, 7) is 4.32. The molecular formula is C33H28ClN5O2S. The third-order valence-corrected chi connectivity index (χ3v) is 8.48. The van der Waals surface area contributed by atoms with E-state index in [1.165, 1.54) is 11.8 Å². The van der Waals surface area contributed by atoms with Crippen molar-refractivity contribution in [2.24, 2.45) is 4.99 Å². The van der Waals surface area contributed by atoms with Crippen LogP contribution in [0, 0.1) is 13.8 Å². The number of para-hydroxylation sites is 2. The molecule has 2 N–H and O–H groups in total. The lowest BCUT2D eigenvalue weighted by molar-refractivity contribution is -0.122. The highest BCUT2D eigenvalue weighted by molar-refractivity contribution is 8.18. The molecule has 0 saturated carbocycles. The van der Waals surface area contributed by atoms with Crippen molar-refractivity contribution in [3.8, 4) is 0 Å². The highest BCUT2D eigenvalue weighted by Gasteiger charge is 2.33. The van der Waals surface area contributed by atoms with Crippen LogP contribution in [0.25, 0.3) is 17.0 Å². The van der Waals surface area contributed by atoms with Crippen LogP contribution in [0.1, 0.15) is 32.9 Å². The molecule has 3 aromatic carbocycles. The summed E-state index contributed by atoms with van der Waals surface area (Å²) in [7, 11) is 0. The van der Waals surface area contributed by atoms with Gasteiger partial charge in [0.2, 0.25) is 0 Å². The number of amides is 2. The highest BCUT2D eigenvalue weighted by Crippen LogP contribution is 2.35. The summed E-state index contributed by atoms with van der Waals surface area (Å²) in [6, 6.07) is 26.5. The summed E-state index contributed by atoms with van der Waals surface area (Å²) in [5.74, 6) is -0.343. The number of H-pyrrole nitrogens is 1.